The van der Waals surface area contributed by atoms with Crippen LogP contribution in [0, 0.1) is 6.92 Å². The Morgan fingerprint density at radius 1 is 1.21 bits per heavy atom. The summed E-state index contributed by atoms with van der Waals surface area (Å²) in [5.74, 6) is 1.67. The van der Waals surface area contributed by atoms with Crippen LogP contribution < -0.4 is 5.32 Å². The second-order valence-corrected chi connectivity index (χ2v) is 5.94. The maximum Gasteiger partial charge on any atom is 0.135 e. The number of rotatable bonds is 3. The van der Waals surface area contributed by atoms with Crippen LogP contribution in [0.5, 0.6) is 0 Å². The van der Waals surface area contributed by atoms with Crippen molar-refractivity contribution in [2.75, 3.05) is 5.32 Å². The third-order valence-corrected chi connectivity index (χ3v) is 3.50. The SMILES string of the molecule is Cc1ccc(Br)c(Nc2cc(Cl)nc(C(C)C)n2)c1. The molecular weight excluding hydrogens is 326 g/mol. The Kier molecular flexibility index (Phi) is 4.42. The number of benzene rings is 1. The number of anilines is 2. The van der Waals surface area contributed by atoms with Gasteiger partial charge in [0.15, 0.2) is 0 Å². The Bertz CT molecular complexity index is 599. The van der Waals surface area contributed by atoms with Gasteiger partial charge in [-0.2, -0.15) is 0 Å². The number of aryl methyl sites for hydroxylation is 1. The van der Waals surface area contributed by atoms with E-state index in [1.807, 2.05) is 32.9 Å². The van der Waals surface area contributed by atoms with Crippen LogP contribution in [0.4, 0.5) is 11.5 Å². The van der Waals surface area contributed by atoms with Gasteiger partial charge in [-0.1, -0.05) is 31.5 Å². The second-order valence-electron chi connectivity index (χ2n) is 4.70. The molecule has 0 radical (unpaired) electrons. The van der Waals surface area contributed by atoms with Crippen molar-refractivity contribution < 1.29 is 0 Å². The van der Waals surface area contributed by atoms with E-state index in [1.165, 1.54) is 5.56 Å². The minimum Gasteiger partial charge on any atom is -0.339 e. The molecule has 0 amide bonds. The molecular formula is C14H15BrClN3. The molecule has 0 spiro atoms. The topological polar surface area (TPSA) is 37.8 Å². The first-order chi connectivity index (χ1) is 8.95. The molecule has 0 aliphatic rings. The van der Waals surface area contributed by atoms with Gasteiger partial charge >= 0.3 is 0 Å². The Labute approximate surface area is 126 Å². The van der Waals surface area contributed by atoms with Gasteiger partial charge in [-0.05, 0) is 40.5 Å². The molecule has 1 N–H and O–H groups in total. The predicted molar refractivity (Wildman–Crippen MR) is 83.3 cm³/mol. The molecule has 2 aromatic rings. The van der Waals surface area contributed by atoms with Crippen molar-refractivity contribution in [2.24, 2.45) is 0 Å². The molecule has 100 valence electrons. The molecule has 0 aliphatic carbocycles. The molecule has 0 unspecified atom stereocenters. The average Bonchev–Trinajstić information content (AvgIpc) is 2.33. The van der Waals surface area contributed by atoms with Crippen LogP contribution in [0.15, 0.2) is 28.7 Å². The highest BCUT2D eigenvalue weighted by Gasteiger charge is 2.08. The zero-order valence-corrected chi connectivity index (χ0v) is 13.4. The van der Waals surface area contributed by atoms with Crippen LogP contribution in [0.3, 0.4) is 0 Å². The van der Waals surface area contributed by atoms with E-state index in [-0.39, 0.29) is 5.92 Å². The first kappa shape index (κ1) is 14.3. The molecule has 0 fully saturated rings. The first-order valence-corrected chi connectivity index (χ1v) is 7.20. The smallest absolute Gasteiger partial charge is 0.135 e. The fourth-order valence-corrected chi connectivity index (χ4v) is 2.17. The van der Waals surface area contributed by atoms with Crippen molar-refractivity contribution >= 4 is 39.0 Å². The summed E-state index contributed by atoms with van der Waals surface area (Å²) in [5, 5.41) is 3.72. The number of halogens is 2. The van der Waals surface area contributed by atoms with Crippen LogP contribution in [-0.2, 0) is 0 Å². The van der Waals surface area contributed by atoms with E-state index in [2.05, 4.69) is 37.3 Å². The maximum absolute atomic E-state index is 6.03. The summed E-state index contributed by atoms with van der Waals surface area (Å²) < 4.78 is 0.985. The lowest BCUT2D eigenvalue weighted by atomic mass is 10.2. The summed E-state index contributed by atoms with van der Waals surface area (Å²) >= 11 is 9.54. The summed E-state index contributed by atoms with van der Waals surface area (Å²) in [4.78, 5) is 8.69. The van der Waals surface area contributed by atoms with Gasteiger partial charge in [0.1, 0.15) is 16.8 Å². The van der Waals surface area contributed by atoms with Gasteiger partial charge in [-0.3, -0.25) is 0 Å². The standard InChI is InChI=1S/C14H15BrClN3/c1-8(2)14-18-12(16)7-13(19-14)17-11-6-9(3)4-5-10(11)15/h4-8H,1-3H3,(H,17,18,19). The highest BCUT2D eigenvalue weighted by atomic mass is 79.9. The zero-order chi connectivity index (χ0) is 14.0. The van der Waals surface area contributed by atoms with Gasteiger partial charge in [-0.25, -0.2) is 9.97 Å². The Morgan fingerprint density at radius 3 is 2.63 bits per heavy atom. The molecule has 1 heterocycles. The van der Waals surface area contributed by atoms with Crippen LogP contribution in [0.25, 0.3) is 0 Å². The minimum absolute atomic E-state index is 0.236. The van der Waals surface area contributed by atoms with Gasteiger partial charge in [0.2, 0.25) is 0 Å². The largest absolute Gasteiger partial charge is 0.339 e. The molecule has 3 nitrogen and oxygen atoms in total. The van der Waals surface area contributed by atoms with E-state index in [1.54, 1.807) is 6.07 Å². The fraction of sp³-hybridized carbons (Fsp3) is 0.286. The van der Waals surface area contributed by atoms with Crippen LogP contribution in [0.1, 0.15) is 31.2 Å². The molecule has 0 saturated heterocycles. The lowest BCUT2D eigenvalue weighted by molar-refractivity contribution is 0.776. The Hall–Kier alpha value is -1.13. The third-order valence-electron chi connectivity index (χ3n) is 2.61. The van der Waals surface area contributed by atoms with Crippen molar-refractivity contribution in [3.8, 4) is 0 Å². The van der Waals surface area contributed by atoms with Gasteiger partial charge in [0, 0.05) is 16.5 Å². The van der Waals surface area contributed by atoms with Gasteiger partial charge in [-0.15, -0.1) is 0 Å². The van der Waals surface area contributed by atoms with E-state index in [0.29, 0.717) is 11.0 Å². The number of aromatic nitrogens is 2. The van der Waals surface area contributed by atoms with Gasteiger partial charge in [0.05, 0.1) is 5.69 Å². The fourth-order valence-electron chi connectivity index (χ4n) is 1.63. The van der Waals surface area contributed by atoms with Crippen LogP contribution in [-0.4, -0.2) is 9.97 Å². The van der Waals surface area contributed by atoms with Crippen molar-refractivity contribution in [2.45, 2.75) is 26.7 Å². The summed E-state index contributed by atoms with van der Waals surface area (Å²) in [6, 6.07) is 7.82. The molecule has 0 aliphatic heterocycles. The van der Waals surface area contributed by atoms with Crippen molar-refractivity contribution in [3.63, 3.8) is 0 Å². The Balaban J connectivity index is 2.35. The van der Waals surface area contributed by atoms with Gasteiger partial charge in [0.25, 0.3) is 0 Å². The van der Waals surface area contributed by atoms with E-state index in [9.17, 15) is 0 Å². The van der Waals surface area contributed by atoms with E-state index in [0.717, 1.165) is 16.0 Å². The molecule has 0 atom stereocenters. The number of hydrogen-bond donors (Lipinski definition) is 1. The molecule has 1 aromatic carbocycles. The van der Waals surface area contributed by atoms with Gasteiger partial charge < -0.3 is 5.32 Å². The zero-order valence-electron chi connectivity index (χ0n) is 11.0. The second kappa shape index (κ2) is 5.88. The first-order valence-electron chi connectivity index (χ1n) is 6.03. The summed E-state index contributed by atoms with van der Waals surface area (Å²) in [6.45, 7) is 6.13. The van der Waals surface area contributed by atoms with Crippen molar-refractivity contribution in [1.29, 1.82) is 0 Å². The summed E-state index contributed by atoms with van der Waals surface area (Å²) in [7, 11) is 0. The molecule has 1 aromatic heterocycles. The summed E-state index contributed by atoms with van der Waals surface area (Å²) in [5.41, 5.74) is 2.14. The monoisotopic (exact) mass is 339 g/mol. The molecule has 0 bridgehead atoms. The van der Waals surface area contributed by atoms with E-state index < -0.39 is 0 Å². The molecule has 5 heteroatoms. The number of nitrogens with zero attached hydrogens (tertiary/aromatic N) is 2. The molecule has 2 rings (SSSR count). The minimum atomic E-state index is 0.236. The van der Waals surface area contributed by atoms with E-state index in [4.69, 9.17) is 11.6 Å². The lowest BCUT2D eigenvalue weighted by Gasteiger charge is -2.11. The van der Waals surface area contributed by atoms with E-state index >= 15 is 0 Å². The van der Waals surface area contributed by atoms with Crippen LogP contribution >= 0.6 is 27.5 Å². The number of nitrogens with one attached hydrogen (secondary N) is 1. The third kappa shape index (κ3) is 3.67. The highest BCUT2D eigenvalue weighted by Crippen LogP contribution is 2.27. The predicted octanol–water partition coefficient (Wildman–Crippen LogP) is 5.07. The molecule has 19 heavy (non-hydrogen) atoms. The van der Waals surface area contributed by atoms with Crippen LogP contribution in [0.2, 0.25) is 5.15 Å². The Morgan fingerprint density at radius 2 is 1.95 bits per heavy atom. The quantitative estimate of drug-likeness (QED) is 0.793. The van der Waals surface area contributed by atoms with Crippen molar-refractivity contribution in [1.82, 2.24) is 9.97 Å². The lowest BCUT2D eigenvalue weighted by Crippen LogP contribution is -2.02. The van der Waals surface area contributed by atoms with Crippen molar-refractivity contribution in [3.05, 3.63) is 45.3 Å². The number of hydrogen-bond acceptors (Lipinski definition) is 3. The highest BCUT2D eigenvalue weighted by molar-refractivity contribution is 9.10. The maximum atomic E-state index is 6.03. The molecule has 0 saturated carbocycles. The average molecular weight is 341 g/mol. The summed E-state index contributed by atoms with van der Waals surface area (Å²) in [6.07, 6.45) is 0. The normalized spacial score (nSPS) is 10.8.